The monoisotopic (exact) mass is 448 g/mol. The third kappa shape index (κ3) is 5.23. The molecular formula is C22H32N4O4S. The number of aliphatic hydroxyl groups is 1. The molecule has 9 heteroatoms. The maximum atomic E-state index is 13.5. The van der Waals surface area contributed by atoms with Crippen molar-refractivity contribution in [2.45, 2.75) is 44.2 Å². The Labute approximate surface area is 184 Å². The molecule has 1 aromatic carbocycles. The minimum Gasteiger partial charge on any atom is -0.487 e. The Hall–Kier alpha value is -2.07. The lowest BCUT2D eigenvalue weighted by molar-refractivity contribution is 0.0753. The van der Waals surface area contributed by atoms with Crippen LogP contribution in [0, 0.1) is 5.92 Å². The molecule has 0 fully saturated rings. The van der Waals surface area contributed by atoms with Gasteiger partial charge in [0.1, 0.15) is 23.1 Å². The molecule has 2 aromatic rings. The zero-order valence-electron chi connectivity index (χ0n) is 18.6. The fourth-order valence-corrected chi connectivity index (χ4v) is 5.68. The molecule has 0 amide bonds. The van der Waals surface area contributed by atoms with Gasteiger partial charge in [0.2, 0.25) is 10.0 Å². The fourth-order valence-electron chi connectivity index (χ4n) is 3.85. The number of hydrogen-bond acceptors (Lipinski definition) is 7. The molecule has 1 aliphatic heterocycles. The molecule has 0 radical (unpaired) electrons. The first-order valence-electron chi connectivity index (χ1n) is 10.6. The molecule has 1 aromatic heterocycles. The molecule has 0 saturated carbocycles. The molecular weight excluding hydrogens is 416 g/mol. The van der Waals surface area contributed by atoms with Crippen molar-refractivity contribution in [3.05, 3.63) is 36.9 Å². The van der Waals surface area contributed by atoms with Crippen LogP contribution < -0.4 is 4.74 Å². The number of fused-ring (bicyclic) bond motifs is 1. The molecule has 0 aliphatic carbocycles. The van der Waals surface area contributed by atoms with Gasteiger partial charge in [0.05, 0.1) is 6.61 Å². The standard InChI is InChI=1S/C22H32N4O4S/c1-5-8-25(4)13-21-16(2)12-26(17(3)14-27)31(28,29)22-7-6-18(9-20(22)30-21)19-10-23-15-24-11-19/h6-7,9-11,15-17,21,27H,5,8,12-14H2,1-4H3/t16-,17+,21-/m0/s1. The molecule has 0 unspecified atom stereocenters. The molecule has 1 aliphatic rings. The smallest absolute Gasteiger partial charge is 0.247 e. The van der Waals surface area contributed by atoms with Crippen molar-refractivity contribution in [1.29, 1.82) is 0 Å². The zero-order valence-corrected chi connectivity index (χ0v) is 19.4. The van der Waals surface area contributed by atoms with Crippen LogP contribution in [0.2, 0.25) is 0 Å². The maximum Gasteiger partial charge on any atom is 0.247 e. The number of aliphatic hydroxyl groups excluding tert-OH is 1. The average molecular weight is 449 g/mol. The van der Waals surface area contributed by atoms with Crippen LogP contribution in [0.3, 0.4) is 0 Å². The topological polar surface area (TPSA) is 95.9 Å². The van der Waals surface area contributed by atoms with E-state index in [-0.39, 0.29) is 30.1 Å². The second-order valence-corrected chi connectivity index (χ2v) is 10.1. The van der Waals surface area contributed by atoms with E-state index in [1.165, 1.54) is 10.6 Å². The first kappa shape index (κ1) is 23.6. The lowest BCUT2D eigenvalue weighted by Crippen LogP contribution is -2.49. The van der Waals surface area contributed by atoms with Gasteiger partial charge in [0.25, 0.3) is 0 Å². The van der Waals surface area contributed by atoms with Crippen molar-refractivity contribution in [3.8, 4) is 16.9 Å². The van der Waals surface area contributed by atoms with Gasteiger partial charge in [-0.3, -0.25) is 0 Å². The highest BCUT2D eigenvalue weighted by Gasteiger charge is 2.38. The summed E-state index contributed by atoms with van der Waals surface area (Å²) in [7, 11) is -1.80. The average Bonchev–Trinajstić information content (AvgIpc) is 2.76. The zero-order chi connectivity index (χ0) is 22.6. The van der Waals surface area contributed by atoms with Crippen LogP contribution >= 0.6 is 0 Å². The second-order valence-electron chi connectivity index (χ2n) is 8.29. The summed E-state index contributed by atoms with van der Waals surface area (Å²) in [4.78, 5) is 10.4. The molecule has 0 saturated heterocycles. The first-order valence-corrected chi connectivity index (χ1v) is 12.1. The van der Waals surface area contributed by atoms with Crippen LogP contribution in [0.4, 0.5) is 0 Å². The van der Waals surface area contributed by atoms with Crippen molar-refractivity contribution < 1.29 is 18.3 Å². The predicted octanol–water partition coefficient (Wildman–Crippen LogP) is 2.25. The molecule has 3 atom stereocenters. The number of hydrogen-bond donors (Lipinski definition) is 1. The summed E-state index contributed by atoms with van der Waals surface area (Å²) in [6.45, 7) is 7.48. The molecule has 31 heavy (non-hydrogen) atoms. The Morgan fingerprint density at radius 2 is 2.00 bits per heavy atom. The summed E-state index contributed by atoms with van der Waals surface area (Å²) in [5.74, 6) is 0.248. The Kier molecular flexibility index (Phi) is 7.64. The summed E-state index contributed by atoms with van der Waals surface area (Å²) in [6, 6.07) is 4.53. The van der Waals surface area contributed by atoms with Crippen molar-refractivity contribution in [2.24, 2.45) is 5.92 Å². The fraction of sp³-hybridized carbons (Fsp3) is 0.545. The maximum absolute atomic E-state index is 13.5. The third-order valence-corrected chi connectivity index (χ3v) is 7.68. The summed E-state index contributed by atoms with van der Waals surface area (Å²) < 4.78 is 34.8. The van der Waals surface area contributed by atoms with Gasteiger partial charge in [-0.05, 0) is 44.6 Å². The van der Waals surface area contributed by atoms with Gasteiger partial charge in [-0.1, -0.05) is 19.9 Å². The largest absolute Gasteiger partial charge is 0.487 e. The van der Waals surface area contributed by atoms with Crippen molar-refractivity contribution >= 4 is 10.0 Å². The van der Waals surface area contributed by atoms with Gasteiger partial charge in [-0.2, -0.15) is 4.31 Å². The van der Waals surface area contributed by atoms with E-state index in [0.29, 0.717) is 12.3 Å². The number of rotatable bonds is 7. The number of likely N-dealkylation sites (N-methyl/N-ethyl adjacent to an activating group) is 1. The second kappa shape index (κ2) is 10.0. The van der Waals surface area contributed by atoms with Crippen LogP contribution in [0.1, 0.15) is 27.2 Å². The van der Waals surface area contributed by atoms with E-state index in [0.717, 1.165) is 24.1 Å². The lowest BCUT2D eigenvalue weighted by Gasteiger charge is -2.37. The molecule has 170 valence electrons. The molecule has 0 spiro atoms. The van der Waals surface area contributed by atoms with E-state index >= 15 is 0 Å². The van der Waals surface area contributed by atoms with Gasteiger partial charge in [-0.15, -0.1) is 0 Å². The summed E-state index contributed by atoms with van der Waals surface area (Å²) >= 11 is 0. The summed E-state index contributed by atoms with van der Waals surface area (Å²) in [6.07, 6.45) is 5.63. The van der Waals surface area contributed by atoms with Crippen LogP contribution in [0.5, 0.6) is 5.75 Å². The van der Waals surface area contributed by atoms with Crippen molar-refractivity contribution in [1.82, 2.24) is 19.2 Å². The molecule has 8 nitrogen and oxygen atoms in total. The minimum atomic E-state index is -3.84. The quantitative estimate of drug-likeness (QED) is 0.694. The highest BCUT2D eigenvalue weighted by atomic mass is 32.2. The van der Waals surface area contributed by atoms with Gasteiger partial charge in [-0.25, -0.2) is 18.4 Å². The first-order chi connectivity index (χ1) is 14.8. The lowest BCUT2D eigenvalue weighted by atomic mass is 10.0. The summed E-state index contributed by atoms with van der Waals surface area (Å²) in [5.41, 5.74) is 1.56. The molecule has 0 bridgehead atoms. The van der Waals surface area contributed by atoms with Crippen molar-refractivity contribution in [2.75, 3.05) is 33.3 Å². The van der Waals surface area contributed by atoms with E-state index in [1.807, 2.05) is 14.0 Å². The van der Waals surface area contributed by atoms with Crippen LogP contribution in [0.15, 0.2) is 41.8 Å². The number of sulfonamides is 1. The van der Waals surface area contributed by atoms with E-state index in [1.54, 1.807) is 37.5 Å². The summed E-state index contributed by atoms with van der Waals surface area (Å²) in [5, 5.41) is 9.73. The molecule has 2 heterocycles. The molecule has 1 N–H and O–H groups in total. The van der Waals surface area contributed by atoms with E-state index in [2.05, 4.69) is 21.8 Å². The molecule has 3 rings (SSSR count). The predicted molar refractivity (Wildman–Crippen MR) is 119 cm³/mol. The van der Waals surface area contributed by atoms with Crippen LogP contribution in [-0.2, 0) is 10.0 Å². The van der Waals surface area contributed by atoms with E-state index in [4.69, 9.17) is 4.74 Å². The highest BCUT2D eigenvalue weighted by molar-refractivity contribution is 7.89. The van der Waals surface area contributed by atoms with Crippen LogP contribution in [0.25, 0.3) is 11.1 Å². The normalized spacial score (nSPS) is 22.3. The van der Waals surface area contributed by atoms with Gasteiger partial charge in [0, 0.05) is 43.0 Å². The number of aromatic nitrogens is 2. The minimum absolute atomic E-state index is 0.0695. The van der Waals surface area contributed by atoms with E-state index in [9.17, 15) is 13.5 Å². The number of ether oxygens (including phenoxy) is 1. The Bertz CT molecular complexity index is 971. The number of benzene rings is 1. The van der Waals surface area contributed by atoms with Crippen molar-refractivity contribution in [3.63, 3.8) is 0 Å². The Morgan fingerprint density at radius 3 is 2.65 bits per heavy atom. The van der Waals surface area contributed by atoms with Gasteiger partial charge in [0.15, 0.2) is 0 Å². The van der Waals surface area contributed by atoms with Crippen LogP contribution in [-0.4, -0.2) is 78.1 Å². The van der Waals surface area contributed by atoms with E-state index < -0.39 is 16.1 Å². The highest BCUT2D eigenvalue weighted by Crippen LogP contribution is 2.36. The number of nitrogens with zero attached hydrogens (tertiary/aromatic N) is 4. The van der Waals surface area contributed by atoms with Gasteiger partial charge < -0.3 is 14.7 Å². The SMILES string of the molecule is CCCN(C)C[C@@H]1Oc2cc(-c3cncnc3)ccc2S(=O)(=O)N([C@H](C)CO)C[C@@H]1C. The third-order valence-electron chi connectivity index (χ3n) is 5.66. The van der Waals surface area contributed by atoms with Gasteiger partial charge >= 0.3 is 0 Å². The Morgan fingerprint density at radius 1 is 1.29 bits per heavy atom. The Balaban J connectivity index is 2.10.